The summed E-state index contributed by atoms with van der Waals surface area (Å²) in [6.07, 6.45) is 3.07. The molecule has 6 heteroatoms. The lowest BCUT2D eigenvalue weighted by atomic mass is 10.0. The van der Waals surface area contributed by atoms with Crippen LogP contribution in [0.4, 0.5) is 0 Å². The van der Waals surface area contributed by atoms with Crippen LogP contribution in [0.3, 0.4) is 0 Å². The van der Waals surface area contributed by atoms with E-state index in [1.165, 1.54) is 18.2 Å². The molecule has 0 amide bonds. The fraction of sp³-hybridized carbons (Fsp3) is 0.400. The number of esters is 1. The van der Waals surface area contributed by atoms with Crippen LogP contribution in [0, 0.1) is 0 Å². The van der Waals surface area contributed by atoms with Crippen molar-refractivity contribution in [2.24, 2.45) is 0 Å². The molecule has 1 N–H and O–H groups in total. The highest BCUT2D eigenvalue weighted by atomic mass is 16.6. The number of piperazine rings is 1. The van der Waals surface area contributed by atoms with Gasteiger partial charge >= 0.3 is 5.97 Å². The molecule has 0 spiro atoms. The van der Waals surface area contributed by atoms with E-state index < -0.39 is 6.10 Å². The van der Waals surface area contributed by atoms with Crippen molar-refractivity contribution in [3.63, 3.8) is 0 Å². The molecule has 1 aromatic heterocycles. The van der Waals surface area contributed by atoms with E-state index in [0.717, 1.165) is 26.2 Å². The number of hydrogen-bond acceptors (Lipinski definition) is 6. The van der Waals surface area contributed by atoms with Gasteiger partial charge in [0.15, 0.2) is 6.10 Å². The zero-order valence-corrected chi connectivity index (χ0v) is 15.2. The smallest absolute Gasteiger partial charge is 0.346 e. The van der Waals surface area contributed by atoms with Gasteiger partial charge < -0.3 is 14.8 Å². The normalized spacial score (nSPS) is 18.9. The Balaban J connectivity index is 1.65. The number of nitrogens with one attached hydrogen (secondary N) is 1. The van der Waals surface area contributed by atoms with Gasteiger partial charge in [0.25, 0.3) is 0 Å². The zero-order valence-electron chi connectivity index (χ0n) is 15.2. The molecule has 3 rings (SSSR count). The van der Waals surface area contributed by atoms with Crippen LogP contribution < -0.4 is 10.1 Å². The first-order chi connectivity index (χ1) is 12.7. The summed E-state index contributed by atoms with van der Waals surface area (Å²) in [7, 11) is 1.36. The number of hydrogen-bond donors (Lipinski definition) is 1. The van der Waals surface area contributed by atoms with Crippen LogP contribution in [0.25, 0.3) is 0 Å². The van der Waals surface area contributed by atoms with Crippen molar-refractivity contribution in [2.75, 3.05) is 26.7 Å². The number of aromatic nitrogens is 1. The first-order valence-corrected chi connectivity index (χ1v) is 8.85. The first kappa shape index (κ1) is 18.4. The summed E-state index contributed by atoms with van der Waals surface area (Å²) in [5.41, 5.74) is 2.49. The van der Waals surface area contributed by atoms with Gasteiger partial charge in [-0.15, -0.1) is 0 Å². The van der Waals surface area contributed by atoms with Gasteiger partial charge in [0.2, 0.25) is 0 Å². The number of carbonyl (C=O) groups excluding carboxylic acids is 1. The zero-order chi connectivity index (χ0) is 18.4. The van der Waals surface area contributed by atoms with Crippen LogP contribution in [-0.4, -0.2) is 48.7 Å². The fourth-order valence-corrected chi connectivity index (χ4v) is 3.18. The van der Waals surface area contributed by atoms with Crippen LogP contribution >= 0.6 is 0 Å². The molecule has 0 radical (unpaired) electrons. The van der Waals surface area contributed by atoms with Crippen LogP contribution in [-0.2, 0) is 16.1 Å². The minimum atomic E-state index is -0.616. The minimum absolute atomic E-state index is 0.335. The van der Waals surface area contributed by atoms with Gasteiger partial charge in [0.05, 0.1) is 7.11 Å². The lowest BCUT2D eigenvalue weighted by Gasteiger charge is -2.36. The highest BCUT2D eigenvalue weighted by Crippen LogP contribution is 2.24. The van der Waals surface area contributed by atoms with Crippen molar-refractivity contribution >= 4 is 5.97 Å². The third-order valence-electron chi connectivity index (χ3n) is 4.60. The molecule has 1 aliphatic heterocycles. The maximum atomic E-state index is 11.5. The number of ether oxygens (including phenoxy) is 2. The summed E-state index contributed by atoms with van der Waals surface area (Å²) in [5, 5.41) is 3.47. The Morgan fingerprint density at radius 2 is 2.00 bits per heavy atom. The van der Waals surface area contributed by atoms with Crippen LogP contribution in [0.2, 0.25) is 0 Å². The second kappa shape index (κ2) is 8.78. The summed E-state index contributed by atoms with van der Waals surface area (Å²) in [6.45, 7) is 5.45. The molecule has 2 heterocycles. The molecule has 1 aromatic carbocycles. The number of nitrogens with zero attached hydrogens (tertiary/aromatic N) is 2. The first-order valence-electron chi connectivity index (χ1n) is 8.85. The molecule has 1 aliphatic rings. The number of methoxy groups -OCH3 is 1. The van der Waals surface area contributed by atoms with E-state index >= 15 is 0 Å². The molecule has 0 aliphatic carbocycles. The van der Waals surface area contributed by atoms with Crippen LogP contribution in [0.15, 0.2) is 48.8 Å². The fourth-order valence-electron chi connectivity index (χ4n) is 3.18. The van der Waals surface area contributed by atoms with Crippen molar-refractivity contribution in [1.29, 1.82) is 0 Å². The quantitative estimate of drug-likeness (QED) is 0.802. The Morgan fingerprint density at radius 1 is 1.27 bits per heavy atom. The van der Waals surface area contributed by atoms with Crippen molar-refractivity contribution in [2.45, 2.75) is 25.6 Å². The molecule has 1 saturated heterocycles. The third-order valence-corrected chi connectivity index (χ3v) is 4.60. The molecule has 2 atom stereocenters. The second-order valence-electron chi connectivity index (χ2n) is 6.40. The van der Waals surface area contributed by atoms with Crippen molar-refractivity contribution in [3.05, 3.63) is 59.9 Å². The number of benzene rings is 1. The highest BCUT2D eigenvalue weighted by molar-refractivity contribution is 5.74. The Hall–Kier alpha value is -2.44. The molecule has 0 saturated carbocycles. The molecule has 2 aromatic rings. The van der Waals surface area contributed by atoms with Gasteiger partial charge in [0.1, 0.15) is 5.75 Å². The average molecular weight is 355 g/mol. The monoisotopic (exact) mass is 355 g/mol. The topological polar surface area (TPSA) is 63.7 Å². The molecular formula is C20H25N3O3. The van der Waals surface area contributed by atoms with E-state index in [9.17, 15) is 4.79 Å². The standard InChI is InChI=1S/C20H25N3O3/c1-15(20(24)25-2)26-18-5-3-16(4-6-18)14-23-12-11-22-13-19(23)17-7-9-21-10-8-17/h3-10,15,19,22H,11-14H2,1-2H3. The van der Waals surface area contributed by atoms with Gasteiger partial charge in [-0.1, -0.05) is 12.1 Å². The Bertz CT molecular complexity index is 706. The van der Waals surface area contributed by atoms with Gasteiger partial charge in [-0.2, -0.15) is 0 Å². The Labute approximate surface area is 154 Å². The minimum Gasteiger partial charge on any atom is -0.479 e. The van der Waals surface area contributed by atoms with Crippen molar-refractivity contribution in [3.8, 4) is 5.75 Å². The molecule has 138 valence electrons. The van der Waals surface area contributed by atoms with Gasteiger partial charge in [0, 0.05) is 44.6 Å². The summed E-state index contributed by atoms with van der Waals surface area (Å²) in [5.74, 6) is 0.285. The van der Waals surface area contributed by atoms with Crippen molar-refractivity contribution < 1.29 is 14.3 Å². The highest BCUT2D eigenvalue weighted by Gasteiger charge is 2.23. The molecule has 26 heavy (non-hydrogen) atoms. The Morgan fingerprint density at radius 3 is 2.69 bits per heavy atom. The van der Waals surface area contributed by atoms with E-state index in [1.54, 1.807) is 6.92 Å². The van der Waals surface area contributed by atoms with Crippen molar-refractivity contribution in [1.82, 2.24) is 15.2 Å². The molecule has 6 nitrogen and oxygen atoms in total. The summed E-state index contributed by atoms with van der Waals surface area (Å²) in [6, 6.07) is 12.4. The Kier molecular flexibility index (Phi) is 6.20. The summed E-state index contributed by atoms with van der Waals surface area (Å²) in [4.78, 5) is 18.0. The van der Waals surface area contributed by atoms with Crippen LogP contribution in [0.5, 0.6) is 5.75 Å². The summed E-state index contributed by atoms with van der Waals surface area (Å²) < 4.78 is 10.3. The maximum absolute atomic E-state index is 11.5. The molecular weight excluding hydrogens is 330 g/mol. The number of carbonyl (C=O) groups is 1. The molecule has 1 fully saturated rings. The SMILES string of the molecule is COC(=O)C(C)Oc1ccc(CN2CCNCC2c2ccncc2)cc1. The van der Waals surface area contributed by atoms with Gasteiger partial charge in [-0.3, -0.25) is 9.88 Å². The predicted octanol–water partition coefficient (Wildman–Crippen LogP) is 2.17. The van der Waals surface area contributed by atoms with Crippen LogP contribution in [0.1, 0.15) is 24.1 Å². The number of rotatable bonds is 6. The van der Waals surface area contributed by atoms with E-state index in [2.05, 4.69) is 32.1 Å². The van der Waals surface area contributed by atoms with Gasteiger partial charge in [-0.05, 0) is 42.3 Å². The molecule has 0 bridgehead atoms. The number of pyridine rings is 1. The van der Waals surface area contributed by atoms with E-state index in [0.29, 0.717) is 11.8 Å². The maximum Gasteiger partial charge on any atom is 0.346 e. The largest absolute Gasteiger partial charge is 0.479 e. The second-order valence-corrected chi connectivity index (χ2v) is 6.40. The molecule has 2 unspecified atom stereocenters. The lowest BCUT2D eigenvalue weighted by molar-refractivity contribution is -0.147. The predicted molar refractivity (Wildman–Crippen MR) is 98.8 cm³/mol. The van der Waals surface area contributed by atoms with E-state index in [-0.39, 0.29) is 5.97 Å². The van der Waals surface area contributed by atoms with Gasteiger partial charge in [-0.25, -0.2) is 4.79 Å². The van der Waals surface area contributed by atoms with E-state index in [1.807, 2.05) is 36.7 Å². The third kappa shape index (κ3) is 4.59. The lowest BCUT2D eigenvalue weighted by Crippen LogP contribution is -2.45. The van der Waals surface area contributed by atoms with E-state index in [4.69, 9.17) is 4.74 Å². The summed E-state index contributed by atoms with van der Waals surface area (Å²) >= 11 is 0. The average Bonchev–Trinajstić information content (AvgIpc) is 2.70.